The molecule has 0 aliphatic rings. The lowest BCUT2D eigenvalue weighted by Gasteiger charge is -1.99. The van der Waals surface area contributed by atoms with Crippen molar-refractivity contribution in [3.05, 3.63) is 12.3 Å². The third-order valence-electron chi connectivity index (χ3n) is 0.836. The van der Waals surface area contributed by atoms with Crippen molar-refractivity contribution in [3.8, 4) is 0 Å². The van der Waals surface area contributed by atoms with Crippen LogP contribution >= 0.6 is 0 Å². The molecular formula is C6H8F3NO. The Morgan fingerprint density at radius 3 is 2.45 bits per heavy atom. The van der Waals surface area contributed by atoms with E-state index in [-0.39, 0.29) is 0 Å². The Kier molecular flexibility index (Phi) is 3.64. The van der Waals surface area contributed by atoms with Gasteiger partial charge in [0.05, 0.1) is 0 Å². The Morgan fingerprint density at radius 2 is 2.09 bits per heavy atom. The molecule has 0 aliphatic carbocycles. The highest BCUT2D eigenvalue weighted by atomic mass is 19.4. The average Bonchev–Trinajstić information content (AvgIpc) is 1.86. The van der Waals surface area contributed by atoms with Gasteiger partial charge >= 0.3 is 6.18 Å². The molecule has 0 bridgehead atoms. The summed E-state index contributed by atoms with van der Waals surface area (Å²) in [7, 11) is 0. The number of allylic oxidation sites excluding steroid dienone is 1. The molecule has 0 amide bonds. The number of carbonyl (C=O) groups excluding carboxylic acids is 1. The molecule has 0 atom stereocenters. The molecule has 0 saturated heterocycles. The third-order valence-corrected chi connectivity index (χ3v) is 0.836. The molecule has 0 rings (SSSR count). The zero-order chi connectivity index (χ0) is 8.91. The van der Waals surface area contributed by atoms with Crippen molar-refractivity contribution in [1.82, 2.24) is 5.32 Å². The maximum absolute atomic E-state index is 11.4. The van der Waals surface area contributed by atoms with Gasteiger partial charge in [0, 0.05) is 18.8 Å². The molecule has 2 nitrogen and oxygen atoms in total. The highest BCUT2D eigenvalue weighted by Crippen LogP contribution is 2.15. The van der Waals surface area contributed by atoms with Crippen LogP contribution in [0.15, 0.2) is 12.3 Å². The SMILES string of the molecule is CCNC=CC(=O)C(F)(F)F. The lowest BCUT2D eigenvalue weighted by Crippen LogP contribution is -2.20. The van der Waals surface area contributed by atoms with Gasteiger partial charge in [-0.2, -0.15) is 13.2 Å². The predicted molar refractivity (Wildman–Crippen MR) is 33.9 cm³/mol. The molecular weight excluding hydrogens is 159 g/mol. The molecule has 64 valence electrons. The van der Waals surface area contributed by atoms with E-state index in [1.54, 1.807) is 6.92 Å². The Labute approximate surface area is 62.1 Å². The summed E-state index contributed by atoms with van der Waals surface area (Å²) in [6, 6.07) is 0. The summed E-state index contributed by atoms with van der Waals surface area (Å²) in [5.41, 5.74) is 0. The molecule has 0 unspecified atom stereocenters. The van der Waals surface area contributed by atoms with E-state index in [2.05, 4.69) is 5.32 Å². The molecule has 1 N–H and O–H groups in total. The van der Waals surface area contributed by atoms with Gasteiger partial charge in [-0.3, -0.25) is 4.79 Å². The number of alkyl halides is 3. The summed E-state index contributed by atoms with van der Waals surface area (Å²) in [5, 5.41) is 2.45. The zero-order valence-electron chi connectivity index (χ0n) is 5.90. The summed E-state index contributed by atoms with van der Waals surface area (Å²) in [6.07, 6.45) is -3.31. The highest BCUT2D eigenvalue weighted by molar-refractivity contribution is 5.94. The Balaban J connectivity index is 3.88. The second kappa shape index (κ2) is 4.00. The molecule has 0 aromatic heterocycles. The van der Waals surface area contributed by atoms with Crippen molar-refractivity contribution < 1.29 is 18.0 Å². The fourth-order valence-electron chi connectivity index (χ4n) is 0.347. The number of rotatable bonds is 3. The van der Waals surface area contributed by atoms with Gasteiger partial charge in [0.2, 0.25) is 0 Å². The minimum absolute atomic E-state index is 0.462. The fourth-order valence-corrected chi connectivity index (χ4v) is 0.347. The van der Waals surface area contributed by atoms with E-state index < -0.39 is 12.0 Å². The van der Waals surface area contributed by atoms with Crippen LogP contribution in [-0.4, -0.2) is 18.5 Å². The van der Waals surface area contributed by atoms with Gasteiger partial charge < -0.3 is 5.32 Å². The van der Waals surface area contributed by atoms with Crippen LogP contribution in [0.1, 0.15) is 6.92 Å². The summed E-state index contributed by atoms with van der Waals surface area (Å²) in [5.74, 6) is -1.85. The fraction of sp³-hybridized carbons (Fsp3) is 0.500. The van der Waals surface area contributed by atoms with Crippen molar-refractivity contribution in [3.63, 3.8) is 0 Å². The first-order chi connectivity index (χ1) is 4.98. The Hall–Kier alpha value is -1.00. The number of nitrogens with one attached hydrogen (secondary N) is 1. The van der Waals surface area contributed by atoms with Gasteiger partial charge in [-0.25, -0.2) is 0 Å². The summed E-state index contributed by atoms with van der Waals surface area (Å²) >= 11 is 0. The smallest absolute Gasteiger partial charge is 0.391 e. The van der Waals surface area contributed by atoms with Crippen LogP contribution in [0.25, 0.3) is 0 Å². The van der Waals surface area contributed by atoms with Crippen LogP contribution in [0.3, 0.4) is 0 Å². The first-order valence-corrected chi connectivity index (χ1v) is 2.99. The molecule has 0 aromatic carbocycles. The summed E-state index contributed by atoms with van der Waals surface area (Å²) in [6.45, 7) is 2.20. The highest BCUT2D eigenvalue weighted by Gasteiger charge is 2.35. The van der Waals surface area contributed by atoms with E-state index in [1.807, 2.05) is 0 Å². The number of halogens is 3. The van der Waals surface area contributed by atoms with E-state index in [0.717, 1.165) is 6.20 Å². The number of hydrogen-bond acceptors (Lipinski definition) is 2. The number of ketones is 1. The van der Waals surface area contributed by atoms with Gasteiger partial charge in [0.1, 0.15) is 0 Å². The molecule has 0 aromatic rings. The van der Waals surface area contributed by atoms with Crippen molar-refractivity contribution in [2.75, 3.05) is 6.54 Å². The van der Waals surface area contributed by atoms with Gasteiger partial charge in [0.25, 0.3) is 5.78 Å². The lowest BCUT2D eigenvalue weighted by molar-refractivity contribution is -0.165. The van der Waals surface area contributed by atoms with E-state index >= 15 is 0 Å². The van der Waals surface area contributed by atoms with Crippen molar-refractivity contribution in [1.29, 1.82) is 0 Å². The first-order valence-electron chi connectivity index (χ1n) is 2.99. The van der Waals surface area contributed by atoms with Crippen LogP contribution in [0.2, 0.25) is 0 Å². The van der Waals surface area contributed by atoms with E-state index in [0.29, 0.717) is 12.6 Å². The molecule has 0 fully saturated rings. The first kappa shape index (κ1) is 10.0. The predicted octanol–water partition coefficient (Wildman–Crippen LogP) is 1.24. The quantitative estimate of drug-likeness (QED) is 0.641. The van der Waals surface area contributed by atoms with E-state index in [1.165, 1.54) is 0 Å². The van der Waals surface area contributed by atoms with Gasteiger partial charge in [0.15, 0.2) is 0 Å². The molecule has 0 spiro atoms. The maximum Gasteiger partial charge on any atom is 0.454 e. The minimum atomic E-state index is -4.76. The van der Waals surface area contributed by atoms with E-state index in [4.69, 9.17) is 0 Å². The normalized spacial score (nSPS) is 12.0. The molecule has 11 heavy (non-hydrogen) atoms. The molecule has 0 saturated carbocycles. The molecule has 0 heterocycles. The monoisotopic (exact) mass is 167 g/mol. The topological polar surface area (TPSA) is 29.1 Å². The number of hydrogen-bond donors (Lipinski definition) is 1. The minimum Gasteiger partial charge on any atom is -0.391 e. The zero-order valence-corrected chi connectivity index (χ0v) is 5.90. The van der Waals surface area contributed by atoms with Crippen molar-refractivity contribution in [2.24, 2.45) is 0 Å². The second-order valence-electron chi connectivity index (χ2n) is 1.75. The van der Waals surface area contributed by atoms with Gasteiger partial charge in [-0.1, -0.05) is 0 Å². The largest absolute Gasteiger partial charge is 0.454 e. The summed E-state index contributed by atoms with van der Waals surface area (Å²) in [4.78, 5) is 10.1. The molecule has 0 aliphatic heterocycles. The Bertz CT molecular complexity index is 162. The maximum atomic E-state index is 11.4. The lowest BCUT2D eigenvalue weighted by atomic mass is 10.4. The van der Waals surface area contributed by atoms with Crippen LogP contribution in [0.4, 0.5) is 13.2 Å². The van der Waals surface area contributed by atoms with Gasteiger partial charge in [-0.15, -0.1) is 0 Å². The van der Waals surface area contributed by atoms with Crippen LogP contribution < -0.4 is 5.32 Å². The van der Waals surface area contributed by atoms with Crippen LogP contribution in [-0.2, 0) is 4.79 Å². The molecule has 5 heteroatoms. The Morgan fingerprint density at radius 1 is 1.55 bits per heavy atom. The van der Waals surface area contributed by atoms with E-state index in [9.17, 15) is 18.0 Å². The van der Waals surface area contributed by atoms with Gasteiger partial charge in [-0.05, 0) is 6.92 Å². The third kappa shape index (κ3) is 4.41. The van der Waals surface area contributed by atoms with Crippen LogP contribution in [0.5, 0.6) is 0 Å². The molecule has 0 radical (unpaired) electrons. The average molecular weight is 167 g/mol. The van der Waals surface area contributed by atoms with Crippen LogP contribution in [0, 0.1) is 0 Å². The second-order valence-corrected chi connectivity index (χ2v) is 1.75. The number of carbonyl (C=O) groups is 1. The summed E-state index contributed by atoms with van der Waals surface area (Å²) < 4.78 is 34.3. The van der Waals surface area contributed by atoms with Crippen molar-refractivity contribution >= 4 is 5.78 Å². The standard InChI is InChI=1S/C6H8F3NO/c1-2-10-4-3-5(11)6(7,8)9/h3-4,10H,2H2,1H3. The van der Waals surface area contributed by atoms with Crippen molar-refractivity contribution in [2.45, 2.75) is 13.1 Å².